The van der Waals surface area contributed by atoms with Gasteiger partial charge in [-0.3, -0.25) is 14.4 Å². The number of hydrogen-bond donors (Lipinski definition) is 0. The maximum atomic E-state index is 13.5. The highest BCUT2D eigenvalue weighted by Crippen LogP contribution is 2.65. The monoisotopic (exact) mass is 445 g/mol. The van der Waals surface area contributed by atoms with E-state index in [4.69, 9.17) is 4.74 Å². The van der Waals surface area contributed by atoms with Crippen molar-refractivity contribution in [1.29, 1.82) is 0 Å². The third-order valence-corrected chi connectivity index (χ3v) is 7.57. The minimum absolute atomic E-state index is 0.0245. The summed E-state index contributed by atoms with van der Waals surface area (Å²) in [5, 5.41) is 0. The molecule has 180 valence electrons. The molecule has 0 bridgehead atoms. The molecule has 0 aromatic rings. The first-order valence-electron chi connectivity index (χ1n) is 12.4. The van der Waals surface area contributed by atoms with Crippen molar-refractivity contribution in [2.24, 2.45) is 29.1 Å². The second-order valence-electron chi connectivity index (χ2n) is 10.2. The molecule has 0 aromatic carbocycles. The molecule has 1 aliphatic heterocycles. The van der Waals surface area contributed by atoms with Crippen LogP contribution >= 0.6 is 0 Å². The molecule has 5 atom stereocenters. The molecule has 0 spiro atoms. The molecule has 1 aliphatic carbocycles. The van der Waals surface area contributed by atoms with Crippen molar-refractivity contribution in [2.75, 3.05) is 13.2 Å². The van der Waals surface area contributed by atoms with E-state index in [1.165, 1.54) is 0 Å². The zero-order chi connectivity index (χ0) is 23.9. The fourth-order valence-electron chi connectivity index (χ4n) is 5.46. The molecule has 5 heteroatoms. The Hall–Kier alpha value is -1.91. The smallest absolute Gasteiger partial charge is 0.309 e. The molecular formula is C27H43NO4. The first kappa shape index (κ1) is 26.3. The minimum Gasteiger partial charge on any atom is -0.466 e. The number of carbonyl (C=O) groups is 3. The predicted molar refractivity (Wildman–Crippen MR) is 128 cm³/mol. The van der Waals surface area contributed by atoms with Gasteiger partial charge in [-0.2, -0.15) is 0 Å². The number of nitrogens with zero attached hydrogens (tertiary/aromatic N) is 1. The summed E-state index contributed by atoms with van der Waals surface area (Å²) in [4.78, 5) is 41.2. The zero-order valence-electron chi connectivity index (χ0n) is 20.6. The number of unbranched alkanes of at least 4 members (excludes halogenated alkanes) is 3. The van der Waals surface area contributed by atoms with E-state index in [-0.39, 0.29) is 41.3 Å². The number of rotatable bonds is 15. The van der Waals surface area contributed by atoms with Crippen LogP contribution in [0.25, 0.3) is 0 Å². The number of fused-ring (bicyclic) bond motifs is 1. The van der Waals surface area contributed by atoms with Crippen molar-refractivity contribution < 1.29 is 19.1 Å². The fourth-order valence-corrected chi connectivity index (χ4v) is 5.46. The SMILES string of the molecule is C=CCCCC[C@H](CC(=O)[C@@H]1[C@@H]2[C@H](CN1C(=O)[C@@H](C)CCCC=C)C2(C)C)C(=O)OCC. The Labute approximate surface area is 194 Å². The van der Waals surface area contributed by atoms with Crippen molar-refractivity contribution in [3.05, 3.63) is 25.3 Å². The molecular weight excluding hydrogens is 402 g/mol. The van der Waals surface area contributed by atoms with E-state index in [1.807, 2.05) is 24.0 Å². The second-order valence-corrected chi connectivity index (χ2v) is 10.2. The maximum absolute atomic E-state index is 13.5. The van der Waals surface area contributed by atoms with Crippen LogP contribution in [-0.4, -0.2) is 41.8 Å². The van der Waals surface area contributed by atoms with E-state index in [0.29, 0.717) is 25.5 Å². The molecule has 1 amide bonds. The average Bonchev–Trinajstić information content (AvgIpc) is 3.10. The van der Waals surface area contributed by atoms with Crippen LogP contribution in [0, 0.1) is 29.1 Å². The quantitative estimate of drug-likeness (QED) is 0.194. The number of ether oxygens (including phenoxy) is 1. The number of allylic oxidation sites excluding steroid dienone is 2. The number of hydrogen-bond acceptors (Lipinski definition) is 4. The van der Waals surface area contributed by atoms with Gasteiger partial charge in [-0.05, 0) is 62.7 Å². The van der Waals surface area contributed by atoms with Gasteiger partial charge >= 0.3 is 5.97 Å². The Morgan fingerprint density at radius 1 is 1.09 bits per heavy atom. The van der Waals surface area contributed by atoms with Gasteiger partial charge in [0.05, 0.1) is 18.6 Å². The van der Waals surface area contributed by atoms with E-state index in [2.05, 4.69) is 27.0 Å². The highest BCUT2D eigenvalue weighted by Gasteiger charge is 2.69. The van der Waals surface area contributed by atoms with Crippen LogP contribution in [0.2, 0.25) is 0 Å². The molecule has 0 unspecified atom stereocenters. The van der Waals surface area contributed by atoms with Crippen LogP contribution in [0.5, 0.6) is 0 Å². The summed E-state index contributed by atoms with van der Waals surface area (Å²) in [5.41, 5.74) is 0.0760. The number of amides is 1. The number of esters is 1. The normalized spacial score (nSPS) is 24.9. The number of ketones is 1. The molecule has 32 heavy (non-hydrogen) atoms. The van der Waals surface area contributed by atoms with Crippen LogP contribution in [0.3, 0.4) is 0 Å². The van der Waals surface area contributed by atoms with Crippen LogP contribution in [0.15, 0.2) is 25.3 Å². The molecule has 0 radical (unpaired) electrons. The van der Waals surface area contributed by atoms with Gasteiger partial charge in [0, 0.05) is 18.9 Å². The summed E-state index contributed by atoms with van der Waals surface area (Å²) in [6.07, 6.45) is 9.86. The van der Waals surface area contributed by atoms with E-state index < -0.39 is 12.0 Å². The maximum Gasteiger partial charge on any atom is 0.309 e. The number of piperidine rings is 1. The minimum atomic E-state index is -0.435. The molecule has 2 fully saturated rings. The van der Waals surface area contributed by atoms with E-state index >= 15 is 0 Å². The van der Waals surface area contributed by atoms with Crippen LogP contribution in [0.1, 0.15) is 79.1 Å². The molecule has 0 aromatic heterocycles. The zero-order valence-corrected chi connectivity index (χ0v) is 20.6. The van der Waals surface area contributed by atoms with Crippen molar-refractivity contribution >= 4 is 17.7 Å². The largest absolute Gasteiger partial charge is 0.466 e. The van der Waals surface area contributed by atoms with Gasteiger partial charge in [0.25, 0.3) is 0 Å². The van der Waals surface area contributed by atoms with Gasteiger partial charge in [0.15, 0.2) is 5.78 Å². The highest BCUT2D eigenvalue weighted by molar-refractivity contribution is 5.93. The third-order valence-electron chi connectivity index (χ3n) is 7.57. The molecule has 1 saturated carbocycles. The molecule has 2 rings (SSSR count). The lowest BCUT2D eigenvalue weighted by Crippen LogP contribution is -2.48. The van der Waals surface area contributed by atoms with Crippen molar-refractivity contribution in [3.8, 4) is 0 Å². The summed E-state index contributed by atoms with van der Waals surface area (Å²) in [6.45, 7) is 16.6. The van der Waals surface area contributed by atoms with Gasteiger partial charge in [-0.15, -0.1) is 13.2 Å². The number of likely N-dealkylation sites (tertiary alicyclic amines) is 1. The molecule has 5 nitrogen and oxygen atoms in total. The van der Waals surface area contributed by atoms with Crippen molar-refractivity contribution in [3.63, 3.8) is 0 Å². The molecule has 1 saturated heterocycles. The average molecular weight is 446 g/mol. The summed E-state index contributed by atoms with van der Waals surface area (Å²) in [6, 6.07) is -0.408. The predicted octanol–water partition coefficient (Wildman–Crippen LogP) is 5.35. The Bertz CT molecular complexity index is 698. The van der Waals surface area contributed by atoms with E-state index in [0.717, 1.165) is 38.5 Å². The van der Waals surface area contributed by atoms with E-state index in [9.17, 15) is 14.4 Å². The van der Waals surface area contributed by atoms with Gasteiger partial charge in [-0.1, -0.05) is 39.3 Å². The van der Waals surface area contributed by atoms with Crippen LogP contribution < -0.4 is 0 Å². The van der Waals surface area contributed by atoms with Gasteiger partial charge in [0.2, 0.25) is 5.91 Å². The van der Waals surface area contributed by atoms with Gasteiger partial charge < -0.3 is 9.64 Å². The number of carbonyl (C=O) groups excluding carboxylic acids is 3. The summed E-state index contributed by atoms with van der Waals surface area (Å²) in [5.74, 6) is -0.164. The Kier molecular flexibility index (Phi) is 9.72. The summed E-state index contributed by atoms with van der Waals surface area (Å²) in [7, 11) is 0. The summed E-state index contributed by atoms with van der Waals surface area (Å²) < 4.78 is 5.27. The first-order valence-corrected chi connectivity index (χ1v) is 12.4. The fraction of sp³-hybridized carbons (Fsp3) is 0.741. The lowest BCUT2D eigenvalue weighted by atomic mass is 9.89. The van der Waals surface area contributed by atoms with Gasteiger partial charge in [-0.25, -0.2) is 0 Å². The standard InChI is InChI=1S/C27H43NO4/c1-7-10-12-14-16-20(26(31)32-9-3)17-22(29)24-23-21(27(23,5)6)18-28(24)25(30)19(4)15-13-11-8-2/h7-8,19-21,23-24H,1-2,9-18H2,3-6H3/t19-,20+,21-,23-,24+/m0/s1. The van der Waals surface area contributed by atoms with Crippen LogP contribution in [-0.2, 0) is 19.1 Å². The highest BCUT2D eigenvalue weighted by atomic mass is 16.5. The Morgan fingerprint density at radius 2 is 1.75 bits per heavy atom. The lowest BCUT2D eigenvalue weighted by molar-refractivity contribution is -0.151. The molecule has 0 N–H and O–H groups in total. The van der Waals surface area contributed by atoms with Crippen LogP contribution in [0.4, 0.5) is 0 Å². The lowest BCUT2D eigenvalue weighted by Gasteiger charge is -2.32. The van der Waals surface area contributed by atoms with E-state index in [1.54, 1.807) is 6.92 Å². The second kappa shape index (κ2) is 11.8. The Morgan fingerprint density at radius 3 is 2.38 bits per heavy atom. The van der Waals surface area contributed by atoms with Crippen molar-refractivity contribution in [1.82, 2.24) is 4.90 Å². The first-order chi connectivity index (χ1) is 15.2. The molecule has 2 aliphatic rings. The summed E-state index contributed by atoms with van der Waals surface area (Å²) >= 11 is 0. The Balaban J connectivity index is 2.10. The van der Waals surface area contributed by atoms with Gasteiger partial charge in [0.1, 0.15) is 0 Å². The molecule has 1 heterocycles. The van der Waals surface area contributed by atoms with Crippen molar-refractivity contribution in [2.45, 2.75) is 85.1 Å². The number of Topliss-reactive ketones (excluding diaryl/α,β-unsaturated/α-hetero) is 1. The topological polar surface area (TPSA) is 63.7 Å². The third kappa shape index (κ3) is 6.11.